The number of carbonyl (C=O) groups is 1. The SMILES string of the molecule is CCOC(=O)c1oc(CCC2CCCO2)nc1C(F)(F)F. The van der Waals surface area contributed by atoms with Gasteiger partial charge in [0.05, 0.1) is 12.7 Å². The summed E-state index contributed by atoms with van der Waals surface area (Å²) < 4.78 is 53.4. The molecule has 0 amide bonds. The molecule has 0 N–H and O–H groups in total. The van der Waals surface area contributed by atoms with Crippen molar-refractivity contribution in [3.05, 3.63) is 17.3 Å². The third-order valence-corrected chi connectivity index (χ3v) is 3.10. The highest BCUT2D eigenvalue weighted by molar-refractivity contribution is 5.87. The maximum absolute atomic E-state index is 12.8. The van der Waals surface area contributed by atoms with Gasteiger partial charge < -0.3 is 13.9 Å². The fraction of sp³-hybridized carbons (Fsp3) is 0.692. The van der Waals surface area contributed by atoms with Crippen molar-refractivity contribution < 1.29 is 31.9 Å². The smallest absolute Gasteiger partial charge is 0.437 e. The number of halogens is 3. The number of esters is 1. The highest BCUT2D eigenvalue weighted by atomic mass is 19.4. The summed E-state index contributed by atoms with van der Waals surface area (Å²) in [7, 11) is 0. The van der Waals surface area contributed by atoms with Gasteiger partial charge in [0.2, 0.25) is 5.76 Å². The number of aryl methyl sites for hydroxylation is 1. The molecule has 0 bridgehead atoms. The third-order valence-electron chi connectivity index (χ3n) is 3.10. The Morgan fingerprint density at radius 3 is 2.81 bits per heavy atom. The van der Waals surface area contributed by atoms with Gasteiger partial charge >= 0.3 is 12.1 Å². The number of aromatic nitrogens is 1. The number of carbonyl (C=O) groups excluding carboxylic acids is 1. The molecule has 21 heavy (non-hydrogen) atoms. The second-order valence-electron chi connectivity index (χ2n) is 4.68. The van der Waals surface area contributed by atoms with Crippen molar-refractivity contribution in [2.75, 3.05) is 13.2 Å². The molecule has 0 spiro atoms. The van der Waals surface area contributed by atoms with Gasteiger partial charge in [-0.25, -0.2) is 9.78 Å². The lowest BCUT2D eigenvalue weighted by atomic mass is 10.1. The van der Waals surface area contributed by atoms with Gasteiger partial charge in [0, 0.05) is 13.0 Å². The van der Waals surface area contributed by atoms with E-state index in [2.05, 4.69) is 9.72 Å². The molecule has 1 fully saturated rings. The van der Waals surface area contributed by atoms with Gasteiger partial charge in [0.25, 0.3) is 0 Å². The van der Waals surface area contributed by atoms with E-state index in [9.17, 15) is 18.0 Å². The average molecular weight is 307 g/mol. The second-order valence-corrected chi connectivity index (χ2v) is 4.68. The Balaban J connectivity index is 2.13. The van der Waals surface area contributed by atoms with E-state index in [-0.39, 0.29) is 25.0 Å². The highest BCUT2D eigenvalue weighted by Gasteiger charge is 2.41. The lowest BCUT2D eigenvalue weighted by Gasteiger charge is -2.06. The summed E-state index contributed by atoms with van der Waals surface area (Å²) in [4.78, 5) is 14.9. The van der Waals surface area contributed by atoms with E-state index in [4.69, 9.17) is 9.15 Å². The van der Waals surface area contributed by atoms with Crippen LogP contribution < -0.4 is 0 Å². The van der Waals surface area contributed by atoms with Crippen LogP contribution in [0, 0.1) is 0 Å². The fourth-order valence-electron chi connectivity index (χ4n) is 2.15. The predicted octanol–water partition coefficient (Wildman–Crippen LogP) is 2.98. The van der Waals surface area contributed by atoms with Gasteiger partial charge in [-0.2, -0.15) is 13.2 Å². The van der Waals surface area contributed by atoms with Gasteiger partial charge in [-0.3, -0.25) is 0 Å². The monoisotopic (exact) mass is 307 g/mol. The Bertz CT molecular complexity index is 492. The fourth-order valence-corrected chi connectivity index (χ4v) is 2.15. The van der Waals surface area contributed by atoms with E-state index >= 15 is 0 Å². The first kappa shape index (κ1) is 15.8. The molecule has 1 atom stereocenters. The number of hydrogen-bond acceptors (Lipinski definition) is 5. The second kappa shape index (κ2) is 6.46. The Kier molecular flexibility index (Phi) is 4.87. The summed E-state index contributed by atoms with van der Waals surface area (Å²) in [6.45, 7) is 2.13. The minimum Gasteiger partial charge on any atom is -0.460 e. The molecule has 1 aliphatic rings. The van der Waals surface area contributed by atoms with Crippen LogP contribution >= 0.6 is 0 Å². The molecule has 5 nitrogen and oxygen atoms in total. The summed E-state index contributed by atoms with van der Waals surface area (Å²) in [5, 5.41) is 0. The maximum atomic E-state index is 12.8. The van der Waals surface area contributed by atoms with Crippen LogP contribution in [0.25, 0.3) is 0 Å². The van der Waals surface area contributed by atoms with Gasteiger partial charge in [-0.1, -0.05) is 0 Å². The minimum absolute atomic E-state index is 0.0114. The van der Waals surface area contributed by atoms with Gasteiger partial charge in [-0.05, 0) is 26.2 Å². The molecule has 1 aliphatic heterocycles. The summed E-state index contributed by atoms with van der Waals surface area (Å²) in [5.41, 5.74) is -1.33. The van der Waals surface area contributed by atoms with Crippen molar-refractivity contribution in [1.82, 2.24) is 4.98 Å². The minimum atomic E-state index is -4.76. The zero-order valence-electron chi connectivity index (χ0n) is 11.5. The Hall–Kier alpha value is -1.57. The number of ether oxygens (including phenoxy) is 2. The number of rotatable bonds is 5. The van der Waals surface area contributed by atoms with E-state index in [1.165, 1.54) is 6.92 Å². The third kappa shape index (κ3) is 3.96. The van der Waals surface area contributed by atoms with Crippen LogP contribution in [0.3, 0.4) is 0 Å². The zero-order valence-corrected chi connectivity index (χ0v) is 11.5. The van der Waals surface area contributed by atoms with Crippen LogP contribution in [0.5, 0.6) is 0 Å². The van der Waals surface area contributed by atoms with Crippen molar-refractivity contribution in [3.8, 4) is 0 Å². The molecule has 1 aromatic rings. The van der Waals surface area contributed by atoms with Crippen molar-refractivity contribution in [2.45, 2.75) is 44.9 Å². The summed E-state index contributed by atoms with van der Waals surface area (Å²) in [6.07, 6.45) is -2.23. The van der Waals surface area contributed by atoms with Crippen molar-refractivity contribution >= 4 is 5.97 Å². The summed E-state index contributed by atoms with van der Waals surface area (Å²) in [6, 6.07) is 0. The molecule has 1 aromatic heterocycles. The lowest BCUT2D eigenvalue weighted by Crippen LogP contribution is -2.14. The number of oxazole rings is 1. The topological polar surface area (TPSA) is 61.6 Å². The molecule has 1 saturated heterocycles. The lowest BCUT2D eigenvalue weighted by molar-refractivity contribution is -0.141. The van der Waals surface area contributed by atoms with E-state index < -0.39 is 23.6 Å². The van der Waals surface area contributed by atoms with Crippen LogP contribution in [0.1, 0.15) is 48.3 Å². The van der Waals surface area contributed by atoms with E-state index in [0.29, 0.717) is 13.0 Å². The average Bonchev–Trinajstić information content (AvgIpc) is 3.05. The number of hydrogen-bond donors (Lipinski definition) is 0. The standard InChI is InChI=1S/C13H16F3NO4/c1-2-19-12(18)10-11(13(14,15)16)17-9(21-10)6-5-8-4-3-7-20-8/h8H,2-7H2,1H3. The molecule has 1 unspecified atom stereocenters. The van der Waals surface area contributed by atoms with Crippen LogP contribution in [-0.4, -0.2) is 30.3 Å². The van der Waals surface area contributed by atoms with Crippen LogP contribution in [-0.2, 0) is 22.1 Å². The van der Waals surface area contributed by atoms with Gasteiger partial charge in [0.1, 0.15) is 0 Å². The van der Waals surface area contributed by atoms with E-state index in [0.717, 1.165) is 12.8 Å². The maximum Gasteiger partial charge on any atom is 0.437 e. The Morgan fingerprint density at radius 2 is 2.24 bits per heavy atom. The number of nitrogens with zero attached hydrogens (tertiary/aromatic N) is 1. The Labute approximate surface area is 119 Å². The van der Waals surface area contributed by atoms with Crippen LogP contribution in [0.15, 0.2) is 4.42 Å². The quantitative estimate of drug-likeness (QED) is 0.783. The first-order valence-corrected chi connectivity index (χ1v) is 6.77. The van der Waals surface area contributed by atoms with Crippen molar-refractivity contribution in [2.24, 2.45) is 0 Å². The molecule has 118 valence electrons. The largest absolute Gasteiger partial charge is 0.460 e. The van der Waals surface area contributed by atoms with Crippen LogP contribution in [0.4, 0.5) is 13.2 Å². The molecule has 8 heteroatoms. The molecule has 2 rings (SSSR count). The normalized spacial score (nSPS) is 19.0. The highest BCUT2D eigenvalue weighted by Crippen LogP contribution is 2.32. The molecular weight excluding hydrogens is 291 g/mol. The van der Waals surface area contributed by atoms with Gasteiger partial charge in [-0.15, -0.1) is 0 Å². The van der Waals surface area contributed by atoms with Crippen molar-refractivity contribution in [1.29, 1.82) is 0 Å². The zero-order chi connectivity index (χ0) is 15.5. The molecule has 0 aliphatic carbocycles. The van der Waals surface area contributed by atoms with Crippen molar-refractivity contribution in [3.63, 3.8) is 0 Å². The Morgan fingerprint density at radius 1 is 1.48 bits per heavy atom. The van der Waals surface area contributed by atoms with E-state index in [1.54, 1.807) is 0 Å². The predicted molar refractivity (Wildman–Crippen MR) is 64.8 cm³/mol. The molecular formula is C13H16F3NO4. The molecule has 2 heterocycles. The first-order valence-electron chi connectivity index (χ1n) is 6.77. The molecule has 0 aromatic carbocycles. The summed E-state index contributed by atoms with van der Waals surface area (Å²) >= 11 is 0. The summed E-state index contributed by atoms with van der Waals surface area (Å²) in [5.74, 6) is -2.16. The van der Waals surface area contributed by atoms with Crippen LogP contribution in [0.2, 0.25) is 0 Å². The first-order chi connectivity index (χ1) is 9.91. The van der Waals surface area contributed by atoms with E-state index in [1.807, 2.05) is 0 Å². The van der Waals surface area contributed by atoms with Gasteiger partial charge in [0.15, 0.2) is 11.6 Å². The number of alkyl halides is 3. The molecule has 0 radical (unpaired) electrons. The molecule has 0 saturated carbocycles.